The van der Waals surface area contributed by atoms with Gasteiger partial charge in [-0.15, -0.1) is 0 Å². The van der Waals surface area contributed by atoms with Gasteiger partial charge in [0.05, 0.1) is 0 Å². The van der Waals surface area contributed by atoms with Gasteiger partial charge in [-0.05, 0) is 45.6 Å². The highest BCUT2D eigenvalue weighted by Gasteiger charge is 2.18. The van der Waals surface area contributed by atoms with E-state index in [-0.39, 0.29) is 0 Å². The number of amides is 1. The number of likely N-dealkylation sites (tertiary alicyclic amines) is 1. The molecule has 0 aromatic heterocycles. The fourth-order valence-electron chi connectivity index (χ4n) is 3.19. The fraction of sp³-hybridized carbons (Fsp3) is 0.933. The Morgan fingerprint density at radius 2 is 2.11 bits per heavy atom. The van der Waals surface area contributed by atoms with Gasteiger partial charge in [0.1, 0.15) is 0 Å². The van der Waals surface area contributed by atoms with Gasteiger partial charge in [-0.25, -0.2) is 0 Å². The zero-order valence-corrected chi connectivity index (χ0v) is 12.3. The highest BCUT2D eigenvalue weighted by atomic mass is 16.2. The number of hydrogen-bond acceptors (Lipinski definition) is 3. The molecule has 1 amide bonds. The normalized spacial score (nSPS) is 25.5. The van der Waals surface area contributed by atoms with Gasteiger partial charge in [0.15, 0.2) is 0 Å². The molecule has 4 heteroatoms. The number of piperidine rings is 1. The van der Waals surface area contributed by atoms with Crippen molar-refractivity contribution < 1.29 is 4.79 Å². The van der Waals surface area contributed by atoms with E-state index in [0.29, 0.717) is 24.4 Å². The monoisotopic (exact) mass is 267 g/mol. The maximum Gasteiger partial charge on any atom is 0.223 e. The molecular formula is C15H29N3O. The Balaban J connectivity index is 1.55. The molecule has 0 spiro atoms. The van der Waals surface area contributed by atoms with Crippen molar-refractivity contribution in [1.82, 2.24) is 15.5 Å². The van der Waals surface area contributed by atoms with Crippen LogP contribution in [0.15, 0.2) is 0 Å². The van der Waals surface area contributed by atoms with E-state index < -0.39 is 0 Å². The third kappa shape index (κ3) is 5.11. The van der Waals surface area contributed by atoms with Crippen LogP contribution < -0.4 is 10.6 Å². The topological polar surface area (TPSA) is 44.4 Å². The highest BCUT2D eigenvalue weighted by molar-refractivity contribution is 5.76. The molecule has 2 atom stereocenters. The van der Waals surface area contributed by atoms with Gasteiger partial charge >= 0.3 is 0 Å². The quantitative estimate of drug-likeness (QED) is 0.767. The lowest BCUT2D eigenvalue weighted by atomic mass is 9.99. The average Bonchev–Trinajstić information content (AvgIpc) is 2.93. The standard InChI is InChI=1S/C15H29N3O/c1-13(12-14-6-2-3-8-17-14)16-9-7-15(19)18-10-4-5-11-18/h13-14,16-17H,2-12H2,1H3. The first-order chi connectivity index (χ1) is 9.25. The van der Waals surface area contributed by atoms with Crippen LogP contribution in [0.2, 0.25) is 0 Å². The first-order valence-electron chi connectivity index (χ1n) is 8.00. The second-order valence-electron chi connectivity index (χ2n) is 6.08. The molecule has 0 aromatic carbocycles. The van der Waals surface area contributed by atoms with E-state index in [1.165, 1.54) is 45.1 Å². The maximum atomic E-state index is 11.9. The third-order valence-corrected chi connectivity index (χ3v) is 4.34. The molecule has 2 aliphatic rings. The van der Waals surface area contributed by atoms with Crippen molar-refractivity contribution in [2.45, 2.75) is 64.0 Å². The van der Waals surface area contributed by atoms with Gasteiger partial charge in [-0.2, -0.15) is 0 Å². The average molecular weight is 267 g/mol. The first kappa shape index (κ1) is 14.8. The summed E-state index contributed by atoms with van der Waals surface area (Å²) in [5, 5.41) is 7.08. The van der Waals surface area contributed by atoms with Gasteiger partial charge in [-0.1, -0.05) is 6.42 Å². The molecule has 2 N–H and O–H groups in total. The minimum Gasteiger partial charge on any atom is -0.343 e. The zero-order valence-electron chi connectivity index (χ0n) is 12.3. The smallest absolute Gasteiger partial charge is 0.223 e. The van der Waals surface area contributed by atoms with Crippen LogP contribution >= 0.6 is 0 Å². The summed E-state index contributed by atoms with van der Waals surface area (Å²) in [6.45, 7) is 6.17. The number of carbonyl (C=O) groups is 1. The molecule has 110 valence electrons. The molecule has 2 aliphatic heterocycles. The largest absolute Gasteiger partial charge is 0.343 e. The molecule has 4 nitrogen and oxygen atoms in total. The molecule has 0 bridgehead atoms. The third-order valence-electron chi connectivity index (χ3n) is 4.34. The van der Waals surface area contributed by atoms with Gasteiger partial charge in [-0.3, -0.25) is 4.79 Å². The van der Waals surface area contributed by atoms with E-state index in [9.17, 15) is 4.79 Å². The molecule has 0 saturated carbocycles. The summed E-state index contributed by atoms with van der Waals surface area (Å²) in [7, 11) is 0. The zero-order chi connectivity index (χ0) is 13.5. The second-order valence-corrected chi connectivity index (χ2v) is 6.08. The number of carbonyl (C=O) groups excluding carboxylic acids is 1. The van der Waals surface area contributed by atoms with Crippen molar-refractivity contribution in [1.29, 1.82) is 0 Å². The molecule has 2 rings (SSSR count). The number of hydrogen-bond donors (Lipinski definition) is 2. The van der Waals surface area contributed by atoms with Gasteiger partial charge in [0.25, 0.3) is 0 Å². The van der Waals surface area contributed by atoms with Crippen LogP contribution in [0.5, 0.6) is 0 Å². The summed E-state index contributed by atoms with van der Waals surface area (Å²) >= 11 is 0. The molecule has 19 heavy (non-hydrogen) atoms. The summed E-state index contributed by atoms with van der Waals surface area (Å²) in [5.41, 5.74) is 0. The van der Waals surface area contributed by atoms with Crippen molar-refractivity contribution in [3.05, 3.63) is 0 Å². The predicted molar refractivity (Wildman–Crippen MR) is 78.2 cm³/mol. The molecule has 0 aromatic rings. The summed E-state index contributed by atoms with van der Waals surface area (Å²) in [6.07, 6.45) is 8.19. The van der Waals surface area contributed by atoms with Gasteiger partial charge in [0, 0.05) is 38.1 Å². The minimum absolute atomic E-state index is 0.327. The van der Waals surface area contributed by atoms with E-state index in [1.807, 2.05) is 4.90 Å². The molecule has 2 fully saturated rings. The van der Waals surface area contributed by atoms with E-state index >= 15 is 0 Å². The maximum absolute atomic E-state index is 11.9. The van der Waals surface area contributed by atoms with Crippen molar-refractivity contribution in [2.24, 2.45) is 0 Å². The Morgan fingerprint density at radius 3 is 2.79 bits per heavy atom. The Bertz CT molecular complexity index is 271. The number of nitrogens with one attached hydrogen (secondary N) is 2. The molecular weight excluding hydrogens is 238 g/mol. The van der Waals surface area contributed by atoms with Crippen molar-refractivity contribution in [2.75, 3.05) is 26.2 Å². The van der Waals surface area contributed by atoms with Crippen molar-refractivity contribution >= 4 is 5.91 Å². The number of nitrogens with zero attached hydrogens (tertiary/aromatic N) is 1. The van der Waals surface area contributed by atoms with Crippen molar-refractivity contribution in [3.8, 4) is 0 Å². The summed E-state index contributed by atoms with van der Waals surface area (Å²) in [6, 6.07) is 1.17. The van der Waals surface area contributed by atoms with E-state index in [2.05, 4.69) is 17.6 Å². The molecule has 0 aliphatic carbocycles. The lowest BCUT2D eigenvalue weighted by Gasteiger charge is -2.26. The SMILES string of the molecule is CC(CC1CCCCN1)NCCC(=O)N1CCCC1. The number of rotatable bonds is 6. The summed E-state index contributed by atoms with van der Waals surface area (Å²) in [5.74, 6) is 0.327. The second kappa shape index (κ2) is 7.85. The Morgan fingerprint density at radius 1 is 1.32 bits per heavy atom. The molecule has 0 radical (unpaired) electrons. The van der Waals surface area contributed by atoms with Gasteiger partial charge in [0.2, 0.25) is 5.91 Å². The van der Waals surface area contributed by atoms with E-state index in [0.717, 1.165) is 19.6 Å². The van der Waals surface area contributed by atoms with E-state index in [1.54, 1.807) is 0 Å². The summed E-state index contributed by atoms with van der Waals surface area (Å²) < 4.78 is 0. The Kier molecular flexibility index (Phi) is 6.11. The first-order valence-corrected chi connectivity index (χ1v) is 8.00. The van der Waals surface area contributed by atoms with E-state index in [4.69, 9.17) is 0 Å². The van der Waals surface area contributed by atoms with Crippen LogP contribution in [0, 0.1) is 0 Å². The van der Waals surface area contributed by atoms with Gasteiger partial charge < -0.3 is 15.5 Å². The Hall–Kier alpha value is -0.610. The van der Waals surface area contributed by atoms with Crippen LogP contribution in [-0.2, 0) is 4.79 Å². The van der Waals surface area contributed by atoms with Crippen LogP contribution in [0.1, 0.15) is 51.9 Å². The van der Waals surface area contributed by atoms with Crippen LogP contribution in [0.3, 0.4) is 0 Å². The molecule has 2 saturated heterocycles. The predicted octanol–water partition coefficient (Wildman–Crippen LogP) is 1.51. The highest BCUT2D eigenvalue weighted by Crippen LogP contribution is 2.12. The van der Waals surface area contributed by atoms with Crippen LogP contribution in [0.25, 0.3) is 0 Å². The fourth-order valence-corrected chi connectivity index (χ4v) is 3.19. The van der Waals surface area contributed by atoms with Crippen molar-refractivity contribution in [3.63, 3.8) is 0 Å². The Labute approximate surface area is 117 Å². The lowest BCUT2D eigenvalue weighted by molar-refractivity contribution is -0.130. The molecule has 2 heterocycles. The lowest BCUT2D eigenvalue weighted by Crippen LogP contribution is -2.40. The van der Waals surface area contributed by atoms with Crippen LogP contribution in [-0.4, -0.2) is 49.1 Å². The molecule has 2 unspecified atom stereocenters. The summed E-state index contributed by atoms with van der Waals surface area (Å²) in [4.78, 5) is 13.9. The van der Waals surface area contributed by atoms with Crippen LogP contribution in [0.4, 0.5) is 0 Å². The minimum atomic E-state index is 0.327.